The molecule has 0 N–H and O–H groups in total. The van der Waals surface area contributed by atoms with Gasteiger partial charge in [-0.2, -0.15) is 0 Å². The van der Waals surface area contributed by atoms with Crippen molar-refractivity contribution in [3.05, 3.63) is 0 Å². The van der Waals surface area contributed by atoms with E-state index in [1.807, 2.05) is 0 Å². The molecule has 5 radical (unpaired) electrons. The molecule has 0 aliphatic heterocycles. The maximum Gasteiger partial charge on any atom is 1.00 e. The van der Waals surface area contributed by atoms with Crippen LogP contribution in [0.4, 0.5) is 0 Å². The SMILES string of the molecule is [Cs+].[H-].[Sb].[Tl].[V]. The number of hydrogen-bond donors (Lipinski definition) is 0. The van der Waals surface area contributed by atoms with Gasteiger partial charge in [-0.1, -0.05) is 0 Å². The Hall–Kier alpha value is 4.38. The first-order valence-corrected chi connectivity index (χ1v) is 0. The number of hydrogen-bond acceptors (Lipinski definition) is 0. The molecule has 0 spiro atoms. The molecule has 4 heavy (non-hydrogen) atoms. The van der Waals surface area contributed by atoms with Gasteiger partial charge in [0.05, 0.1) is 0 Å². The first kappa shape index (κ1) is 23.8. The normalized spacial score (nSPS) is 0. The van der Waals surface area contributed by atoms with Crippen LogP contribution in [0, 0.1) is 0 Å². The van der Waals surface area contributed by atoms with Crippen LogP contribution in [0.1, 0.15) is 1.43 Å². The maximum absolute atomic E-state index is 0. The van der Waals surface area contributed by atoms with Gasteiger partial charge in [0.25, 0.3) is 0 Å². The Kier molecular flexibility index (Phi) is 93.2. The molecule has 0 fully saturated rings. The predicted octanol–water partition coefficient (Wildman–Crippen LogP) is -3.65. The summed E-state index contributed by atoms with van der Waals surface area (Å²) in [5.74, 6) is 0. The molecule has 4 heteroatoms. The molecule has 0 aliphatic rings. The van der Waals surface area contributed by atoms with Gasteiger partial charge in [0.15, 0.2) is 0 Å². The minimum absolute atomic E-state index is 0. The van der Waals surface area contributed by atoms with Crippen LogP contribution in [-0.2, 0) is 18.6 Å². The molecule has 0 aliphatic carbocycles. The van der Waals surface area contributed by atoms with Crippen molar-refractivity contribution in [2.45, 2.75) is 0 Å². The van der Waals surface area contributed by atoms with E-state index >= 15 is 0 Å². The topological polar surface area (TPSA) is 0 Å². The van der Waals surface area contributed by atoms with Crippen LogP contribution in [0.2, 0.25) is 0 Å². The third kappa shape index (κ3) is 9.62. The Balaban J connectivity index is 0. The van der Waals surface area contributed by atoms with E-state index < -0.39 is 0 Å². The fourth-order valence-corrected chi connectivity index (χ4v) is 0. The second-order valence-electron chi connectivity index (χ2n) is 0. The summed E-state index contributed by atoms with van der Waals surface area (Å²) in [6.07, 6.45) is 0. The number of rotatable bonds is 0. The second-order valence-corrected chi connectivity index (χ2v) is 0. The predicted molar refractivity (Wildman–Crippen MR) is 12.6 cm³/mol. The van der Waals surface area contributed by atoms with Crippen molar-refractivity contribution in [3.63, 3.8) is 0 Å². The standard InChI is InChI=1S/Cs.Sb.Tl.V.H/q+1;;;;-1. The third-order valence-corrected chi connectivity index (χ3v) is 0. The van der Waals surface area contributed by atoms with Crippen molar-refractivity contribution in [2.75, 3.05) is 0 Å². The Bertz CT molecular complexity index is 11.6. The van der Waals surface area contributed by atoms with Crippen LogP contribution in [0.15, 0.2) is 0 Å². The maximum atomic E-state index is 0. The van der Waals surface area contributed by atoms with Crippen molar-refractivity contribution in [2.24, 2.45) is 0 Å². The van der Waals surface area contributed by atoms with Crippen LogP contribution in [-0.4, -0.2) is 51.7 Å². The van der Waals surface area contributed by atoms with E-state index in [2.05, 4.69) is 0 Å². The molecule has 0 rings (SSSR count). The van der Waals surface area contributed by atoms with Gasteiger partial charge in [-0.15, -0.1) is 0 Å². The van der Waals surface area contributed by atoms with Crippen LogP contribution in [0.3, 0.4) is 0 Å². The van der Waals surface area contributed by atoms with Crippen molar-refractivity contribution in [1.29, 1.82) is 0 Å². The molecular formula is HCsSbTlV. The van der Waals surface area contributed by atoms with Gasteiger partial charge in [0.2, 0.25) is 0 Å². The van der Waals surface area contributed by atoms with Crippen molar-refractivity contribution >= 4 is 51.7 Å². The Morgan fingerprint density at radius 2 is 1.25 bits per heavy atom. The third-order valence-electron chi connectivity index (χ3n) is 0. The molecule has 0 amide bonds. The van der Waals surface area contributed by atoms with Crippen LogP contribution < -0.4 is 68.9 Å². The van der Waals surface area contributed by atoms with Gasteiger partial charge in [0.1, 0.15) is 0 Å². The van der Waals surface area contributed by atoms with Gasteiger partial charge in [-0.05, 0) is 0 Å². The van der Waals surface area contributed by atoms with Crippen LogP contribution in [0.5, 0.6) is 0 Å². The summed E-state index contributed by atoms with van der Waals surface area (Å²) in [6, 6.07) is 0. The van der Waals surface area contributed by atoms with Gasteiger partial charge in [-0.25, -0.2) is 0 Å². The van der Waals surface area contributed by atoms with Crippen molar-refractivity contribution in [1.82, 2.24) is 0 Å². The fraction of sp³-hybridized carbons (Fsp3) is 0. The van der Waals surface area contributed by atoms with Gasteiger partial charge in [0, 0.05) is 70.3 Å². The first-order valence-electron chi connectivity index (χ1n) is 0. The molecule has 0 bridgehead atoms. The smallest absolute Gasteiger partial charge is 1.00 e. The molecule has 0 nitrogen and oxygen atoms in total. The van der Waals surface area contributed by atoms with E-state index in [-0.39, 0.29) is 141 Å². The Morgan fingerprint density at radius 1 is 1.25 bits per heavy atom. The van der Waals surface area contributed by atoms with Gasteiger partial charge < -0.3 is 1.43 Å². The molecule has 0 unspecified atom stereocenters. The van der Waals surface area contributed by atoms with Gasteiger partial charge >= 0.3 is 68.9 Å². The summed E-state index contributed by atoms with van der Waals surface area (Å²) in [5, 5.41) is 0. The van der Waals surface area contributed by atoms with E-state index in [0.29, 0.717) is 0 Å². The molecule has 0 aromatic rings. The van der Waals surface area contributed by atoms with Gasteiger partial charge in [-0.3, -0.25) is 0 Å². The van der Waals surface area contributed by atoms with Crippen LogP contribution in [0.25, 0.3) is 0 Å². The van der Waals surface area contributed by atoms with E-state index in [4.69, 9.17) is 0 Å². The zero-order valence-electron chi connectivity index (χ0n) is 3.47. The quantitative estimate of drug-likeness (QED) is 0.295. The summed E-state index contributed by atoms with van der Waals surface area (Å²) in [6.45, 7) is 0. The molecule has 0 heterocycles. The average molecular weight is 511 g/mol. The second kappa shape index (κ2) is 15.7. The van der Waals surface area contributed by atoms with E-state index in [9.17, 15) is 0 Å². The Morgan fingerprint density at radius 3 is 1.25 bits per heavy atom. The minimum Gasteiger partial charge on any atom is -1.00 e. The summed E-state index contributed by atoms with van der Waals surface area (Å²) < 4.78 is 0. The van der Waals surface area contributed by atoms with E-state index in [1.165, 1.54) is 0 Å². The van der Waals surface area contributed by atoms with Crippen molar-refractivity contribution < 1.29 is 88.9 Å². The zero-order chi connectivity index (χ0) is 0. The molecular weight excluding hydrogens is 510 g/mol. The molecule has 0 aromatic heterocycles. The molecule has 0 aromatic carbocycles. The fourth-order valence-electron chi connectivity index (χ4n) is 0. The molecule has 0 atom stereocenters. The van der Waals surface area contributed by atoms with Crippen molar-refractivity contribution in [3.8, 4) is 0 Å². The summed E-state index contributed by atoms with van der Waals surface area (Å²) in [4.78, 5) is 0. The summed E-state index contributed by atoms with van der Waals surface area (Å²) in [5.41, 5.74) is 0. The monoisotopic (exact) mass is 511 g/mol. The molecule has 15 valence electrons. The van der Waals surface area contributed by atoms with Crippen LogP contribution >= 0.6 is 0 Å². The Labute approximate surface area is 136 Å². The molecule has 0 saturated heterocycles. The van der Waals surface area contributed by atoms with E-state index in [1.54, 1.807) is 0 Å². The summed E-state index contributed by atoms with van der Waals surface area (Å²) in [7, 11) is 0. The average Bonchev–Trinajstić information content (AvgIpc) is 0. The zero-order valence-corrected chi connectivity index (χ0v) is 17.2. The largest absolute Gasteiger partial charge is 1.00 e. The summed E-state index contributed by atoms with van der Waals surface area (Å²) >= 11 is 0. The first-order chi connectivity index (χ1) is 0. The minimum atomic E-state index is 0. The molecule has 0 saturated carbocycles. The van der Waals surface area contributed by atoms with E-state index in [0.717, 1.165) is 0 Å².